The molecule has 0 aliphatic heterocycles. The Morgan fingerprint density at radius 1 is 1.33 bits per heavy atom. The molecule has 1 atom stereocenters. The fourth-order valence-corrected chi connectivity index (χ4v) is 4.00. The van der Waals surface area contributed by atoms with Gasteiger partial charge in [0, 0.05) is 6.54 Å². The molecule has 2 aromatic rings. The first-order valence-electron chi connectivity index (χ1n) is 7.46. The number of rotatable bonds is 7. The zero-order valence-electron chi connectivity index (χ0n) is 13.1. The molecule has 0 aliphatic carbocycles. The second-order valence-electron chi connectivity index (χ2n) is 5.17. The SMILES string of the molecule is CCCNC(c1sc(C)nc1C)c1c(Br)cnn1CCC. The van der Waals surface area contributed by atoms with Crippen LogP contribution in [0.2, 0.25) is 0 Å². The lowest BCUT2D eigenvalue weighted by atomic mass is 10.1. The van der Waals surface area contributed by atoms with Crippen LogP contribution in [0.15, 0.2) is 10.7 Å². The number of hydrogen-bond acceptors (Lipinski definition) is 4. The smallest absolute Gasteiger partial charge is 0.0900 e. The molecular weight excluding hydrogens is 348 g/mol. The van der Waals surface area contributed by atoms with Crippen LogP contribution in [0.4, 0.5) is 0 Å². The molecule has 4 nitrogen and oxygen atoms in total. The first kappa shape index (κ1) is 16.6. The number of hydrogen-bond donors (Lipinski definition) is 1. The van der Waals surface area contributed by atoms with Crippen molar-refractivity contribution >= 4 is 27.3 Å². The van der Waals surface area contributed by atoms with Crippen molar-refractivity contribution in [3.63, 3.8) is 0 Å². The minimum absolute atomic E-state index is 0.152. The number of halogens is 1. The summed E-state index contributed by atoms with van der Waals surface area (Å²) in [6.07, 6.45) is 4.07. The highest BCUT2D eigenvalue weighted by Crippen LogP contribution is 2.33. The van der Waals surface area contributed by atoms with E-state index in [1.807, 2.05) is 6.20 Å². The van der Waals surface area contributed by atoms with E-state index in [9.17, 15) is 0 Å². The van der Waals surface area contributed by atoms with Gasteiger partial charge in [0.1, 0.15) is 0 Å². The molecule has 0 amide bonds. The third-order valence-corrected chi connectivity index (χ3v) is 5.09. The Kier molecular flexibility index (Phi) is 5.96. The minimum Gasteiger partial charge on any atom is -0.304 e. The van der Waals surface area contributed by atoms with Gasteiger partial charge in [0.25, 0.3) is 0 Å². The molecule has 0 saturated heterocycles. The fraction of sp³-hybridized carbons (Fsp3) is 0.600. The molecule has 0 radical (unpaired) electrons. The van der Waals surface area contributed by atoms with E-state index in [1.54, 1.807) is 11.3 Å². The van der Waals surface area contributed by atoms with Gasteiger partial charge in [-0.05, 0) is 49.2 Å². The van der Waals surface area contributed by atoms with E-state index in [4.69, 9.17) is 0 Å². The molecule has 116 valence electrons. The second-order valence-corrected chi connectivity index (χ2v) is 7.26. The molecule has 0 fully saturated rings. The van der Waals surface area contributed by atoms with Crippen LogP contribution < -0.4 is 5.32 Å². The first-order chi connectivity index (χ1) is 10.1. The van der Waals surface area contributed by atoms with Crippen LogP contribution >= 0.6 is 27.3 Å². The van der Waals surface area contributed by atoms with E-state index < -0.39 is 0 Å². The van der Waals surface area contributed by atoms with Gasteiger partial charge in [-0.25, -0.2) is 4.98 Å². The van der Waals surface area contributed by atoms with Gasteiger partial charge in [-0.1, -0.05) is 13.8 Å². The average molecular weight is 371 g/mol. The summed E-state index contributed by atoms with van der Waals surface area (Å²) in [6, 6.07) is 0.152. The van der Waals surface area contributed by atoms with Crippen molar-refractivity contribution in [1.29, 1.82) is 0 Å². The summed E-state index contributed by atoms with van der Waals surface area (Å²) in [6.45, 7) is 10.4. The van der Waals surface area contributed by atoms with Gasteiger partial charge in [-0.2, -0.15) is 5.10 Å². The Labute approximate surface area is 139 Å². The molecule has 2 aromatic heterocycles. The quantitative estimate of drug-likeness (QED) is 0.793. The van der Waals surface area contributed by atoms with Gasteiger partial charge in [0.15, 0.2) is 0 Å². The molecule has 2 rings (SSSR count). The predicted molar refractivity (Wildman–Crippen MR) is 91.9 cm³/mol. The second kappa shape index (κ2) is 7.51. The first-order valence-corrected chi connectivity index (χ1v) is 9.07. The summed E-state index contributed by atoms with van der Waals surface area (Å²) in [7, 11) is 0. The number of nitrogens with one attached hydrogen (secondary N) is 1. The molecule has 0 aliphatic rings. The highest BCUT2D eigenvalue weighted by atomic mass is 79.9. The zero-order valence-corrected chi connectivity index (χ0v) is 15.5. The van der Waals surface area contributed by atoms with Crippen molar-refractivity contribution in [2.45, 2.75) is 53.1 Å². The van der Waals surface area contributed by atoms with E-state index in [-0.39, 0.29) is 6.04 Å². The molecule has 0 spiro atoms. The molecule has 1 N–H and O–H groups in total. The zero-order chi connectivity index (χ0) is 15.4. The van der Waals surface area contributed by atoms with E-state index in [0.29, 0.717) is 0 Å². The van der Waals surface area contributed by atoms with Crippen molar-refractivity contribution in [1.82, 2.24) is 20.1 Å². The maximum absolute atomic E-state index is 4.59. The Morgan fingerprint density at radius 3 is 2.67 bits per heavy atom. The highest BCUT2D eigenvalue weighted by Gasteiger charge is 2.25. The highest BCUT2D eigenvalue weighted by molar-refractivity contribution is 9.10. The largest absolute Gasteiger partial charge is 0.304 e. The van der Waals surface area contributed by atoms with Crippen LogP contribution in [-0.2, 0) is 6.54 Å². The van der Waals surface area contributed by atoms with E-state index in [1.165, 1.54) is 10.6 Å². The van der Waals surface area contributed by atoms with Gasteiger partial charge in [-0.15, -0.1) is 11.3 Å². The number of thiazole rings is 1. The molecular formula is C15H23BrN4S. The van der Waals surface area contributed by atoms with Crippen LogP contribution in [-0.4, -0.2) is 21.3 Å². The summed E-state index contributed by atoms with van der Waals surface area (Å²) in [5.74, 6) is 0. The van der Waals surface area contributed by atoms with Crippen molar-refractivity contribution in [3.05, 3.63) is 31.9 Å². The van der Waals surface area contributed by atoms with Crippen molar-refractivity contribution in [2.75, 3.05) is 6.54 Å². The van der Waals surface area contributed by atoms with Gasteiger partial charge in [0.05, 0.1) is 38.0 Å². The maximum Gasteiger partial charge on any atom is 0.0900 e. The van der Waals surface area contributed by atoms with Gasteiger partial charge in [-0.3, -0.25) is 4.68 Å². The van der Waals surface area contributed by atoms with Crippen LogP contribution in [0.3, 0.4) is 0 Å². The molecule has 1 unspecified atom stereocenters. The Hall–Kier alpha value is -0.720. The minimum atomic E-state index is 0.152. The average Bonchev–Trinajstić information content (AvgIpc) is 2.96. The topological polar surface area (TPSA) is 42.7 Å². The van der Waals surface area contributed by atoms with E-state index in [0.717, 1.165) is 41.1 Å². The van der Waals surface area contributed by atoms with Crippen molar-refractivity contribution in [2.24, 2.45) is 0 Å². The number of aryl methyl sites for hydroxylation is 3. The summed E-state index contributed by atoms with van der Waals surface area (Å²) < 4.78 is 3.17. The standard InChI is InChI=1S/C15H23BrN4S/c1-5-7-17-13(15-10(3)19-11(4)21-15)14-12(16)9-18-20(14)8-6-2/h9,13,17H,5-8H2,1-4H3. The Balaban J connectivity index is 2.45. The maximum atomic E-state index is 4.59. The molecule has 2 heterocycles. The van der Waals surface area contributed by atoms with Crippen molar-refractivity contribution < 1.29 is 0 Å². The third-order valence-electron chi connectivity index (χ3n) is 3.34. The van der Waals surface area contributed by atoms with Crippen molar-refractivity contribution in [3.8, 4) is 0 Å². The summed E-state index contributed by atoms with van der Waals surface area (Å²) in [5, 5.41) is 9.29. The van der Waals surface area contributed by atoms with Crippen LogP contribution in [0.5, 0.6) is 0 Å². The summed E-state index contributed by atoms with van der Waals surface area (Å²) >= 11 is 5.44. The Bertz CT molecular complexity index is 591. The lowest BCUT2D eigenvalue weighted by Gasteiger charge is -2.20. The van der Waals surface area contributed by atoms with E-state index >= 15 is 0 Å². The van der Waals surface area contributed by atoms with Gasteiger partial charge in [0.2, 0.25) is 0 Å². The monoisotopic (exact) mass is 370 g/mol. The van der Waals surface area contributed by atoms with Gasteiger partial charge >= 0.3 is 0 Å². The lowest BCUT2D eigenvalue weighted by molar-refractivity contribution is 0.512. The lowest BCUT2D eigenvalue weighted by Crippen LogP contribution is -2.26. The summed E-state index contributed by atoms with van der Waals surface area (Å²) in [4.78, 5) is 5.88. The van der Waals surface area contributed by atoms with E-state index in [2.05, 4.69) is 63.7 Å². The number of nitrogens with zero attached hydrogens (tertiary/aromatic N) is 3. The number of aromatic nitrogens is 3. The molecule has 21 heavy (non-hydrogen) atoms. The van der Waals surface area contributed by atoms with Crippen LogP contribution in [0.1, 0.15) is 54.0 Å². The normalized spacial score (nSPS) is 12.8. The predicted octanol–water partition coefficient (Wildman–Crippen LogP) is 4.22. The molecule has 6 heteroatoms. The van der Waals surface area contributed by atoms with Crippen LogP contribution in [0.25, 0.3) is 0 Å². The van der Waals surface area contributed by atoms with Gasteiger partial charge < -0.3 is 5.32 Å². The summed E-state index contributed by atoms with van der Waals surface area (Å²) in [5.41, 5.74) is 2.32. The Morgan fingerprint density at radius 2 is 2.10 bits per heavy atom. The molecule has 0 bridgehead atoms. The third kappa shape index (κ3) is 3.73. The fourth-order valence-electron chi connectivity index (χ4n) is 2.47. The van der Waals surface area contributed by atoms with Crippen LogP contribution in [0, 0.1) is 13.8 Å². The molecule has 0 aromatic carbocycles. The molecule has 0 saturated carbocycles.